The fourth-order valence-corrected chi connectivity index (χ4v) is 4.01. The first-order valence-electron chi connectivity index (χ1n) is 11.1. The van der Waals surface area contributed by atoms with Crippen molar-refractivity contribution in [3.05, 3.63) is 55.3 Å². The van der Waals surface area contributed by atoms with Gasteiger partial charge in [0.2, 0.25) is 5.79 Å². The fraction of sp³-hybridized carbons (Fsp3) is 0.391. The van der Waals surface area contributed by atoms with Gasteiger partial charge >= 0.3 is 6.18 Å². The zero-order valence-corrected chi connectivity index (χ0v) is 19.4. The van der Waals surface area contributed by atoms with Gasteiger partial charge in [0.1, 0.15) is 12.8 Å². The van der Waals surface area contributed by atoms with E-state index in [4.69, 9.17) is 14.5 Å². The SMILES string of the molecule is CCC(CC(F)(F)F)n1cc(-c2nc(-c3cnn(CC4=COC(C)(C)O4)c3)cn3nccc23)cn1. The van der Waals surface area contributed by atoms with Crippen LogP contribution in [0.1, 0.15) is 39.7 Å². The summed E-state index contributed by atoms with van der Waals surface area (Å²) >= 11 is 0. The Morgan fingerprint density at radius 2 is 1.86 bits per heavy atom. The minimum Gasteiger partial charge on any atom is -0.457 e. The summed E-state index contributed by atoms with van der Waals surface area (Å²) in [7, 11) is 0. The lowest BCUT2D eigenvalue weighted by Crippen LogP contribution is -2.21. The molecule has 0 saturated carbocycles. The molecule has 0 fully saturated rings. The van der Waals surface area contributed by atoms with E-state index in [1.54, 1.807) is 53.2 Å². The number of ether oxygens (including phenoxy) is 2. The molecule has 4 aromatic rings. The number of alkyl halides is 3. The molecular formula is C23H24F3N7O2. The first kappa shape index (κ1) is 22.9. The van der Waals surface area contributed by atoms with Crippen molar-refractivity contribution >= 4 is 5.52 Å². The molecule has 5 rings (SSSR count). The number of halogens is 3. The first-order chi connectivity index (χ1) is 16.6. The summed E-state index contributed by atoms with van der Waals surface area (Å²) in [5.74, 6) is -0.0496. The van der Waals surface area contributed by atoms with Gasteiger partial charge in [-0.2, -0.15) is 28.5 Å². The van der Waals surface area contributed by atoms with Crippen molar-refractivity contribution in [2.45, 2.75) is 58.2 Å². The van der Waals surface area contributed by atoms with Crippen LogP contribution in [0.15, 0.2) is 55.3 Å². The predicted octanol–water partition coefficient (Wildman–Crippen LogP) is 4.98. The van der Waals surface area contributed by atoms with Gasteiger partial charge in [-0.05, 0) is 12.5 Å². The summed E-state index contributed by atoms with van der Waals surface area (Å²) in [5.41, 5.74) is 3.24. The van der Waals surface area contributed by atoms with Gasteiger partial charge in [0, 0.05) is 37.4 Å². The molecule has 4 aromatic heterocycles. The number of nitrogens with zero attached hydrogens (tertiary/aromatic N) is 7. The smallest absolute Gasteiger partial charge is 0.391 e. The predicted molar refractivity (Wildman–Crippen MR) is 120 cm³/mol. The molecule has 0 radical (unpaired) electrons. The quantitative estimate of drug-likeness (QED) is 0.365. The van der Waals surface area contributed by atoms with Crippen molar-refractivity contribution < 1.29 is 22.6 Å². The Hall–Kier alpha value is -3.83. The lowest BCUT2D eigenvalue weighted by atomic mass is 10.1. The normalized spacial score (nSPS) is 16.2. The summed E-state index contributed by atoms with van der Waals surface area (Å²) < 4.78 is 54.9. The standard InChI is InChI=1S/C23H24F3N7O2/c1-4-17(7-23(24,25)26)32-11-16(9-29-32)21-20-5-6-27-33(20)13-19(30-21)15-8-28-31(10-15)12-18-14-34-22(2,3)35-18/h5-6,8-11,13-14,17H,4,7,12H2,1-3H3. The van der Waals surface area contributed by atoms with Gasteiger partial charge in [-0.3, -0.25) is 9.36 Å². The molecule has 1 atom stereocenters. The summed E-state index contributed by atoms with van der Waals surface area (Å²) in [5, 5.41) is 12.9. The zero-order chi connectivity index (χ0) is 24.8. The van der Waals surface area contributed by atoms with E-state index in [1.807, 2.05) is 20.0 Å². The Morgan fingerprint density at radius 3 is 2.57 bits per heavy atom. The second kappa shape index (κ2) is 8.43. The number of allylic oxidation sites excluding steroid dienone is 1. The van der Waals surface area contributed by atoms with Crippen LogP contribution >= 0.6 is 0 Å². The molecule has 0 amide bonds. The molecule has 0 saturated heterocycles. The Bertz CT molecular complexity index is 1380. The largest absolute Gasteiger partial charge is 0.457 e. The summed E-state index contributed by atoms with van der Waals surface area (Å²) in [4.78, 5) is 4.79. The molecule has 0 spiro atoms. The maximum absolute atomic E-state index is 13.0. The van der Waals surface area contributed by atoms with Crippen LogP contribution in [0, 0.1) is 0 Å². The molecule has 0 aromatic carbocycles. The van der Waals surface area contributed by atoms with Crippen LogP contribution in [0.5, 0.6) is 0 Å². The highest BCUT2D eigenvalue weighted by Gasteiger charge is 2.32. The van der Waals surface area contributed by atoms with Crippen LogP contribution in [-0.2, 0) is 16.0 Å². The van der Waals surface area contributed by atoms with Crippen LogP contribution in [0.3, 0.4) is 0 Å². The highest BCUT2D eigenvalue weighted by atomic mass is 19.4. The fourth-order valence-electron chi connectivity index (χ4n) is 4.01. The third-order valence-corrected chi connectivity index (χ3v) is 5.68. The van der Waals surface area contributed by atoms with Crippen LogP contribution in [0.4, 0.5) is 13.2 Å². The number of hydrogen-bond acceptors (Lipinski definition) is 6. The van der Waals surface area contributed by atoms with E-state index in [1.165, 1.54) is 10.9 Å². The highest BCUT2D eigenvalue weighted by molar-refractivity contribution is 5.78. The van der Waals surface area contributed by atoms with E-state index in [0.717, 1.165) is 5.56 Å². The first-order valence-corrected chi connectivity index (χ1v) is 11.1. The molecule has 1 aliphatic rings. The molecule has 9 nitrogen and oxygen atoms in total. The highest BCUT2D eigenvalue weighted by Crippen LogP contribution is 2.32. The van der Waals surface area contributed by atoms with Crippen LogP contribution in [0.25, 0.3) is 28.0 Å². The molecule has 0 aliphatic carbocycles. The van der Waals surface area contributed by atoms with Crippen LogP contribution < -0.4 is 0 Å². The molecule has 0 bridgehead atoms. The van der Waals surface area contributed by atoms with Gasteiger partial charge in [0.25, 0.3) is 0 Å². The van der Waals surface area contributed by atoms with E-state index in [9.17, 15) is 13.2 Å². The maximum atomic E-state index is 13.0. The molecule has 1 unspecified atom stereocenters. The average Bonchev–Trinajstić information content (AvgIpc) is 3.57. The van der Waals surface area contributed by atoms with Crippen molar-refractivity contribution in [3.8, 4) is 22.5 Å². The van der Waals surface area contributed by atoms with Gasteiger partial charge in [-0.25, -0.2) is 9.50 Å². The van der Waals surface area contributed by atoms with E-state index < -0.39 is 24.4 Å². The van der Waals surface area contributed by atoms with Crippen LogP contribution in [-0.4, -0.2) is 46.1 Å². The molecule has 5 heterocycles. The van der Waals surface area contributed by atoms with Crippen molar-refractivity contribution in [3.63, 3.8) is 0 Å². The Labute approximate surface area is 198 Å². The van der Waals surface area contributed by atoms with E-state index in [-0.39, 0.29) is 0 Å². The summed E-state index contributed by atoms with van der Waals surface area (Å²) in [6.45, 7) is 5.75. The van der Waals surface area contributed by atoms with Crippen molar-refractivity contribution in [1.29, 1.82) is 0 Å². The molecule has 184 valence electrons. The molecule has 0 N–H and O–H groups in total. The van der Waals surface area contributed by atoms with Gasteiger partial charge in [-0.15, -0.1) is 0 Å². The lowest BCUT2D eigenvalue weighted by molar-refractivity contribution is -0.143. The van der Waals surface area contributed by atoms with E-state index in [2.05, 4.69) is 15.3 Å². The number of fused-ring (bicyclic) bond motifs is 1. The Balaban J connectivity index is 1.45. The minimum absolute atomic E-state index is 0.303. The average molecular weight is 487 g/mol. The third-order valence-electron chi connectivity index (χ3n) is 5.68. The third kappa shape index (κ3) is 4.86. The zero-order valence-electron chi connectivity index (χ0n) is 19.4. The Morgan fingerprint density at radius 1 is 1.06 bits per heavy atom. The summed E-state index contributed by atoms with van der Waals surface area (Å²) in [6, 6.07) is 1.01. The van der Waals surface area contributed by atoms with E-state index in [0.29, 0.717) is 41.2 Å². The van der Waals surface area contributed by atoms with Crippen molar-refractivity contribution in [2.24, 2.45) is 0 Å². The van der Waals surface area contributed by atoms with E-state index >= 15 is 0 Å². The molecule has 35 heavy (non-hydrogen) atoms. The minimum atomic E-state index is -4.27. The Kier molecular flexibility index (Phi) is 5.53. The molecular weight excluding hydrogens is 463 g/mol. The molecule has 1 aliphatic heterocycles. The monoisotopic (exact) mass is 487 g/mol. The second-order valence-electron chi connectivity index (χ2n) is 8.86. The van der Waals surface area contributed by atoms with Crippen molar-refractivity contribution in [1.82, 2.24) is 34.2 Å². The number of hydrogen-bond donors (Lipinski definition) is 0. The maximum Gasteiger partial charge on any atom is 0.391 e. The van der Waals surface area contributed by atoms with Gasteiger partial charge in [-0.1, -0.05) is 6.92 Å². The summed E-state index contributed by atoms with van der Waals surface area (Å²) in [6.07, 6.45) is 6.74. The number of aromatic nitrogens is 7. The van der Waals surface area contributed by atoms with Crippen molar-refractivity contribution in [2.75, 3.05) is 0 Å². The van der Waals surface area contributed by atoms with Gasteiger partial charge < -0.3 is 9.47 Å². The topological polar surface area (TPSA) is 84.3 Å². The van der Waals surface area contributed by atoms with Gasteiger partial charge in [0.15, 0.2) is 5.76 Å². The lowest BCUT2D eigenvalue weighted by Gasteiger charge is -2.18. The number of rotatable bonds is 7. The van der Waals surface area contributed by atoms with Crippen LogP contribution in [0.2, 0.25) is 0 Å². The second-order valence-corrected chi connectivity index (χ2v) is 8.86. The molecule has 12 heteroatoms. The van der Waals surface area contributed by atoms with Gasteiger partial charge in [0.05, 0.1) is 54.2 Å².